The van der Waals surface area contributed by atoms with Crippen LogP contribution in [0.5, 0.6) is 0 Å². The van der Waals surface area contributed by atoms with E-state index >= 15 is 0 Å². The van der Waals surface area contributed by atoms with Crippen molar-refractivity contribution in [1.82, 2.24) is 0 Å². The van der Waals surface area contributed by atoms with Crippen LogP contribution in [-0.4, -0.2) is 16.3 Å². The van der Waals surface area contributed by atoms with Gasteiger partial charge < -0.3 is 9.84 Å². The zero-order chi connectivity index (χ0) is 8.97. The molecule has 0 aliphatic heterocycles. The fraction of sp³-hybridized carbons (Fsp3) is 0.444. The van der Waals surface area contributed by atoms with Crippen molar-refractivity contribution in [2.24, 2.45) is 0 Å². The van der Waals surface area contributed by atoms with Gasteiger partial charge in [-0.05, 0) is 12.2 Å². The summed E-state index contributed by atoms with van der Waals surface area (Å²) in [5.74, 6) is 0.653. The van der Waals surface area contributed by atoms with Gasteiger partial charge in [0.1, 0.15) is 5.76 Å². The first kappa shape index (κ1) is 9.42. The van der Waals surface area contributed by atoms with Gasteiger partial charge in [0.15, 0.2) is 6.29 Å². The highest BCUT2D eigenvalue weighted by molar-refractivity contribution is 7.80. The summed E-state index contributed by atoms with van der Waals surface area (Å²) in [7, 11) is 0. The van der Waals surface area contributed by atoms with Crippen molar-refractivity contribution in [2.45, 2.75) is 26.1 Å². The second-order valence-electron chi connectivity index (χ2n) is 2.60. The SMILES string of the molecule is CCC(O)OC1=CC(=S)CC=C1. The number of thiocarbonyl (C=S) groups is 1. The van der Waals surface area contributed by atoms with Gasteiger partial charge in [-0.15, -0.1) is 0 Å². The Morgan fingerprint density at radius 1 is 1.75 bits per heavy atom. The molecule has 3 heteroatoms. The summed E-state index contributed by atoms with van der Waals surface area (Å²) >= 11 is 4.98. The first-order valence-electron chi connectivity index (χ1n) is 3.98. The van der Waals surface area contributed by atoms with Crippen LogP contribution in [0.3, 0.4) is 0 Å². The number of hydrogen-bond acceptors (Lipinski definition) is 3. The van der Waals surface area contributed by atoms with E-state index in [0.29, 0.717) is 12.2 Å². The molecule has 0 aromatic rings. The minimum atomic E-state index is -0.721. The third-order valence-corrected chi connectivity index (χ3v) is 1.81. The van der Waals surface area contributed by atoms with E-state index in [-0.39, 0.29) is 0 Å². The minimum absolute atomic E-state index is 0.581. The predicted molar refractivity (Wildman–Crippen MR) is 51.8 cm³/mol. The van der Waals surface area contributed by atoms with Crippen LogP contribution in [0, 0.1) is 0 Å². The van der Waals surface area contributed by atoms with Crippen molar-refractivity contribution < 1.29 is 9.84 Å². The fourth-order valence-electron chi connectivity index (χ4n) is 0.871. The largest absolute Gasteiger partial charge is 0.465 e. The summed E-state index contributed by atoms with van der Waals surface area (Å²) in [5, 5.41) is 9.16. The van der Waals surface area contributed by atoms with Gasteiger partial charge in [-0.25, -0.2) is 0 Å². The second-order valence-corrected chi connectivity index (χ2v) is 3.12. The highest BCUT2D eigenvalue weighted by atomic mass is 32.1. The maximum Gasteiger partial charge on any atom is 0.197 e. The summed E-state index contributed by atoms with van der Waals surface area (Å²) in [4.78, 5) is 0.843. The Hall–Kier alpha value is -0.670. The quantitative estimate of drug-likeness (QED) is 0.537. The molecule has 1 atom stereocenters. The van der Waals surface area contributed by atoms with Crippen molar-refractivity contribution in [3.05, 3.63) is 24.0 Å². The lowest BCUT2D eigenvalue weighted by molar-refractivity contribution is -0.0618. The van der Waals surface area contributed by atoms with Crippen molar-refractivity contribution in [3.8, 4) is 0 Å². The van der Waals surface area contributed by atoms with Gasteiger partial charge in [-0.3, -0.25) is 0 Å². The third-order valence-electron chi connectivity index (χ3n) is 1.53. The molecule has 2 nitrogen and oxygen atoms in total. The average Bonchev–Trinajstić information content (AvgIpc) is 2.04. The molecule has 66 valence electrons. The van der Waals surface area contributed by atoms with Crippen molar-refractivity contribution in [2.75, 3.05) is 0 Å². The number of ether oxygens (including phenoxy) is 1. The van der Waals surface area contributed by atoms with Crippen LogP contribution in [0.25, 0.3) is 0 Å². The van der Waals surface area contributed by atoms with E-state index in [0.717, 1.165) is 11.3 Å². The monoisotopic (exact) mass is 184 g/mol. The van der Waals surface area contributed by atoms with Gasteiger partial charge >= 0.3 is 0 Å². The van der Waals surface area contributed by atoms with Crippen molar-refractivity contribution in [3.63, 3.8) is 0 Å². The van der Waals surface area contributed by atoms with Crippen LogP contribution in [0.2, 0.25) is 0 Å². The molecular weight excluding hydrogens is 172 g/mol. The van der Waals surface area contributed by atoms with Gasteiger partial charge in [-0.1, -0.05) is 25.2 Å². The van der Waals surface area contributed by atoms with Crippen LogP contribution < -0.4 is 0 Å². The van der Waals surface area contributed by atoms with E-state index in [1.807, 2.05) is 19.1 Å². The Bertz CT molecular complexity index is 231. The molecule has 0 aromatic heterocycles. The first-order valence-corrected chi connectivity index (χ1v) is 4.39. The molecule has 0 saturated carbocycles. The zero-order valence-electron chi connectivity index (χ0n) is 6.99. The van der Waals surface area contributed by atoms with E-state index in [9.17, 15) is 0 Å². The lowest BCUT2D eigenvalue weighted by atomic mass is 10.2. The second kappa shape index (κ2) is 4.38. The summed E-state index contributed by atoms with van der Waals surface area (Å²) in [6.45, 7) is 1.86. The minimum Gasteiger partial charge on any atom is -0.465 e. The van der Waals surface area contributed by atoms with Gasteiger partial charge in [0.05, 0.1) is 0 Å². The molecule has 1 N–H and O–H groups in total. The molecule has 0 amide bonds. The van der Waals surface area contributed by atoms with E-state index in [1.54, 1.807) is 6.08 Å². The maximum atomic E-state index is 9.16. The Morgan fingerprint density at radius 3 is 3.08 bits per heavy atom. The lowest BCUT2D eigenvalue weighted by Crippen LogP contribution is -2.10. The molecule has 0 heterocycles. The molecule has 0 spiro atoms. The predicted octanol–water partition coefficient (Wildman–Crippen LogP) is 1.95. The number of allylic oxidation sites excluding steroid dienone is 3. The fourth-order valence-corrected chi connectivity index (χ4v) is 1.08. The van der Waals surface area contributed by atoms with E-state index in [2.05, 4.69) is 0 Å². The third kappa shape index (κ3) is 2.75. The summed E-state index contributed by atoms with van der Waals surface area (Å²) in [6, 6.07) is 0. The van der Waals surface area contributed by atoms with E-state index in [1.165, 1.54) is 0 Å². The summed E-state index contributed by atoms with van der Waals surface area (Å²) < 4.78 is 5.15. The van der Waals surface area contributed by atoms with E-state index < -0.39 is 6.29 Å². The first-order chi connectivity index (χ1) is 5.72. The van der Waals surface area contributed by atoms with Crippen LogP contribution in [0.1, 0.15) is 19.8 Å². The molecule has 0 fully saturated rings. The Balaban J connectivity index is 2.51. The zero-order valence-corrected chi connectivity index (χ0v) is 7.80. The average molecular weight is 184 g/mol. The van der Waals surface area contributed by atoms with Crippen molar-refractivity contribution in [1.29, 1.82) is 0 Å². The topological polar surface area (TPSA) is 29.5 Å². The molecular formula is C9H12O2S. The number of hydrogen-bond donors (Lipinski definition) is 1. The normalized spacial score (nSPS) is 18.8. The Labute approximate surface area is 77.5 Å². The molecule has 0 radical (unpaired) electrons. The van der Waals surface area contributed by atoms with Gasteiger partial charge in [-0.2, -0.15) is 0 Å². The Morgan fingerprint density at radius 2 is 2.50 bits per heavy atom. The molecule has 1 unspecified atom stereocenters. The smallest absolute Gasteiger partial charge is 0.197 e. The maximum absolute atomic E-state index is 9.16. The van der Waals surface area contributed by atoms with Gasteiger partial charge in [0, 0.05) is 17.7 Å². The highest BCUT2D eigenvalue weighted by Gasteiger charge is 2.06. The van der Waals surface area contributed by atoms with Gasteiger partial charge in [0.25, 0.3) is 0 Å². The van der Waals surface area contributed by atoms with Gasteiger partial charge in [0.2, 0.25) is 0 Å². The molecule has 1 rings (SSSR count). The molecule has 0 bridgehead atoms. The summed E-state index contributed by atoms with van der Waals surface area (Å²) in [6.07, 6.45) is 6.19. The van der Waals surface area contributed by atoms with Crippen LogP contribution in [-0.2, 0) is 4.74 Å². The number of rotatable bonds is 3. The molecule has 1 aliphatic rings. The van der Waals surface area contributed by atoms with E-state index in [4.69, 9.17) is 22.1 Å². The molecule has 12 heavy (non-hydrogen) atoms. The van der Waals surface area contributed by atoms with Crippen LogP contribution >= 0.6 is 12.2 Å². The van der Waals surface area contributed by atoms with Crippen LogP contribution in [0.4, 0.5) is 0 Å². The molecule has 0 aromatic carbocycles. The van der Waals surface area contributed by atoms with Crippen LogP contribution in [0.15, 0.2) is 24.0 Å². The lowest BCUT2D eigenvalue weighted by Gasteiger charge is -2.14. The highest BCUT2D eigenvalue weighted by Crippen LogP contribution is 2.12. The molecule has 1 aliphatic carbocycles. The molecule has 0 saturated heterocycles. The Kier molecular flexibility index (Phi) is 3.44. The number of aliphatic hydroxyl groups is 1. The number of aliphatic hydroxyl groups excluding tert-OH is 1. The summed E-state index contributed by atoms with van der Waals surface area (Å²) in [5.41, 5.74) is 0. The van der Waals surface area contributed by atoms with Crippen molar-refractivity contribution >= 4 is 17.1 Å². The standard InChI is InChI=1S/C9H12O2S/c1-2-9(10)11-7-4-3-5-8(12)6-7/h3-4,6,9-10H,2,5H2,1H3.